The number of ether oxygens (including phenoxy) is 2. The van der Waals surface area contributed by atoms with Gasteiger partial charge in [-0.3, -0.25) is 4.57 Å². The SMILES string of the molecule is CCCCCCCCCCCCOC1OC(=O)C=C1CO[PH2]=O. The Hall–Kier alpha value is -0.640. The molecule has 0 aromatic carbocycles. The van der Waals surface area contributed by atoms with Gasteiger partial charge in [-0.05, 0) is 6.42 Å². The van der Waals surface area contributed by atoms with Gasteiger partial charge in [0.1, 0.15) is 0 Å². The van der Waals surface area contributed by atoms with E-state index in [0.29, 0.717) is 12.2 Å². The van der Waals surface area contributed by atoms with Gasteiger partial charge in [0.05, 0.1) is 13.2 Å². The van der Waals surface area contributed by atoms with Crippen LogP contribution in [0.4, 0.5) is 0 Å². The smallest absolute Gasteiger partial charge is 0.333 e. The van der Waals surface area contributed by atoms with Crippen molar-refractivity contribution in [3.8, 4) is 0 Å². The molecular weight excluding hydrogens is 315 g/mol. The summed E-state index contributed by atoms with van der Waals surface area (Å²) < 4.78 is 25.9. The van der Waals surface area contributed by atoms with Gasteiger partial charge in [-0.1, -0.05) is 64.7 Å². The highest BCUT2D eigenvalue weighted by atomic mass is 31.1. The Kier molecular flexibility index (Phi) is 12.2. The number of hydrogen-bond acceptors (Lipinski definition) is 5. The molecule has 0 radical (unpaired) electrons. The molecule has 1 aliphatic heterocycles. The Bertz CT molecular complexity index is 370. The lowest BCUT2D eigenvalue weighted by atomic mass is 10.1. The molecule has 0 aromatic heterocycles. The fraction of sp³-hybridized carbons (Fsp3) is 0.824. The molecule has 23 heavy (non-hydrogen) atoms. The second kappa shape index (κ2) is 13.8. The van der Waals surface area contributed by atoms with Crippen molar-refractivity contribution in [2.45, 2.75) is 77.4 Å². The van der Waals surface area contributed by atoms with Crippen molar-refractivity contribution in [2.75, 3.05) is 13.2 Å². The minimum Gasteiger partial charge on any atom is -0.428 e. The van der Waals surface area contributed by atoms with E-state index in [4.69, 9.17) is 14.0 Å². The van der Waals surface area contributed by atoms with Gasteiger partial charge in [-0.15, -0.1) is 0 Å². The van der Waals surface area contributed by atoms with E-state index in [2.05, 4.69) is 6.92 Å². The molecule has 2 unspecified atom stereocenters. The molecule has 0 bridgehead atoms. The van der Waals surface area contributed by atoms with Gasteiger partial charge in [-0.25, -0.2) is 4.79 Å². The van der Waals surface area contributed by atoms with E-state index in [1.807, 2.05) is 0 Å². The first-order valence-corrected chi connectivity index (χ1v) is 9.80. The summed E-state index contributed by atoms with van der Waals surface area (Å²) in [5, 5.41) is 0. The van der Waals surface area contributed by atoms with Gasteiger partial charge in [0, 0.05) is 11.6 Å². The van der Waals surface area contributed by atoms with E-state index >= 15 is 0 Å². The summed E-state index contributed by atoms with van der Waals surface area (Å²) in [4.78, 5) is 11.2. The molecule has 1 aliphatic rings. The number of hydrogen-bond donors (Lipinski definition) is 0. The van der Waals surface area contributed by atoms with Gasteiger partial charge in [-0.2, -0.15) is 0 Å². The van der Waals surface area contributed by atoms with Crippen LogP contribution in [0.1, 0.15) is 71.1 Å². The summed E-state index contributed by atoms with van der Waals surface area (Å²) in [6.45, 7) is 2.94. The fourth-order valence-electron chi connectivity index (χ4n) is 2.60. The molecule has 1 heterocycles. The summed E-state index contributed by atoms with van der Waals surface area (Å²) >= 11 is 0. The molecule has 134 valence electrons. The quantitative estimate of drug-likeness (QED) is 0.249. The Labute approximate surface area is 141 Å². The third kappa shape index (κ3) is 9.95. The summed E-state index contributed by atoms with van der Waals surface area (Å²) in [6, 6.07) is 0. The topological polar surface area (TPSA) is 61.8 Å². The first kappa shape index (κ1) is 20.4. The average molecular weight is 346 g/mol. The molecule has 0 saturated carbocycles. The van der Waals surface area contributed by atoms with Crippen LogP contribution in [0.15, 0.2) is 11.6 Å². The molecule has 2 atom stereocenters. The third-order valence-electron chi connectivity index (χ3n) is 3.91. The summed E-state index contributed by atoms with van der Waals surface area (Å²) in [7, 11) is -1.28. The average Bonchev–Trinajstić information content (AvgIpc) is 2.90. The lowest BCUT2D eigenvalue weighted by Crippen LogP contribution is -2.19. The molecular formula is C17H31O5P. The van der Waals surface area contributed by atoms with Gasteiger partial charge in [0.25, 0.3) is 0 Å². The van der Waals surface area contributed by atoms with Crippen LogP contribution in [-0.4, -0.2) is 25.5 Å². The highest BCUT2D eigenvalue weighted by Crippen LogP contribution is 2.19. The van der Waals surface area contributed by atoms with Crippen LogP contribution in [0.2, 0.25) is 0 Å². The van der Waals surface area contributed by atoms with Crippen LogP contribution in [0.25, 0.3) is 0 Å². The van der Waals surface area contributed by atoms with Crippen LogP contribution >= 0.6 is 8.69 Å². The van der Waals surface area contributed by atoms with Gasteiger partial charge < -0.3 is 14.0 Å². The van der Waals surface area contributed by atoms with Crippen molar-refractivity contribution in [1.82, 2.24) is 0 Å². The van der Waals surface area contributed by atoms with E-state index in [1.54, 1.807) is 0 Å². The Morgan fingerprint density at radius 3 is 2.26 bits per heavy atom. The van der Waals surface area contributed by atoms with Crippen LogP contribution in [0, 0.1) is 0 Å². The van der Waals surface area contributed by atoms with Crippen molar-refractivity contribution in [3.63, 3.8) is 0 Å². The molecule has 6 heteroatoms. The Balaban J connectivity index is 1.95. The molecule has 0 amide bonds. The van der Waals surface area contributed by atoms with Crippen LogP contribution in [0.3, 0.4) is 0 Å². The van der Waals surface area contributed by atoms with Crippen molar-refractivity contribution in [1.29, 1.82) is 0 Å². The maximum Gasteiger partial charge on any atom is 0.333 e. The van der Waals surface area contributed by atoms with Gasteiger partial charge in [0.2, 0.25) is 6.29 Å². The highest BCUT2D eigenvalue weighted by molar-refractivity contribution is 7.17. The van der Waals surface area contributed by atoms with E-state index in [0.717, 1.165) is 12.8 Å². The molecule has 0 N–H and O–H groups in total. The summed E-state index contributed by atoms with van der Waals surface area (Å²) in [5.41, 5.74) is 0.616. The molecule has 0 fully saturated rings. The largest absolute Gasteiger partial charge is 0.428 e. The predicted molar refractivity (Wildman–Crippen MR) is 92.1 cm³/mol. The molecule has 0 aromatic rings. The zero-order valence-electron chi connectivity index (χ0n) is 14.3. The van der Waals surface area contributed by atoms with E-state index in [9.17, 15) is 9.36 Å². The predicted octanol–water partition coefficient (Wildman–Crippen LogP) is 4.42. The van der Waals surface area contributed by atoms with Crippen molar-refractivity contribution in [2.24, 2.45) is 0 Å². The second-order valence-electron chi connectivity index (χ2n) is 5.95. The minimum atomic E-state index is -1.28. The van der Waals surface area contributed by atoms with Gasteiger partial charge >= 0.3 is 5.97 Å². The van der Waals surface area contributed by atoms with Crippen LogP contribution in [-0.2, 0) is 23.4 Å². The Morgan fingerprint density at radius 1 is 1.04 bits per heavy atom. The maximum absolute atomic E-state index is 11.2. The number of rotatable bonds is 15. The molecule has 0 saturated heterocycles. The lowest BCUT2D eigenvalue weighted by Gasteiger charge is -2.14. The number of carbonyl (C=O) groups excluding carboxylic acids is 1. The maximum atomic E-state index is 11.2. The first-order chi connectivity index (χ1) is 11.3. The van der Waals surface area contributed by atoms with Crippen LogP contribution < -0.4 is 0 Å². The summed E-state index contributed by atoms with van der Waals surface area (Å²) in [5.74, 6) is -0.419. The normalized spacial score (nSPS) is 17.9. The zero-order chi connectivity index (χ0) is 16.8. The highest BCUT2D eigenvalue weighted by Gasteiger charge is 2.26. The number of unbranched alkanes of at least 4 members (excludes halogenated alkanes) is 9. The number of esters is 1. The standard InChI is InChI=1S/C17H31O5P/c1-2-3-4-5-6-7-8-9-10-11-12-20-17-15(14-21-23-19)13-16(18)22-17/h13,17H,2-12,14,23H2,1H3. The van der Waals surface area contributed by atoms with Crippen LogP contribution in [0.5, 0.6) is 0 Å². The summed E-state index contributed by atoms with van der Waals surface area (Å²) in [6.07, 6.45) is 13.4. The lowest BCUT2D eigenvalue weighted by molar-refractivity contribution is -0.159. The second-order valence-corrected chi connectivity index (χ2v) is 6.47. The number of cyclic esters (lactones) is 1. The zero-order valence-corrected chi connectivity index (χ0v) is 15.4. The molecule has 0 aliphatic carbocycles. The van der Waals surface area contributed by atoms with E-state index in [-0.39, 0.29) is 6.61 Å². The van der Waals surface area contributed by atoms with Crippen molar-refractivity contribution >= 4 is 14.7 Å². The fourth-order valence-corrected chi connectivity index (χ4v) is 2.86. The Morgan fingerprint density at radius 2 is 1.65 bits per heavy atom. The monoisotopic (exact) mass is 346 g/mol. The van der Waals surface area contributed by atoms with Gasteiger partial charge in [0.15, 0.2) is 8.69 Å². The minimum absolute atomic E-state index is 0.132. The molecule has 0 spiro atoms. The van der Waals surface area contributed by atoms with E-state index < -0.39 is 20.9 Å². The first-order valence-electron chi connectivity index (χ1n) is 8.86. The number of carbonyl (C=O) groups is 1. The molecule has 1 rings (SSSR count). The van der Waals surface area contributed by atoms with Crippen molar-refractivity contribution in [3.05, 3.63) is 11.6 Å². The molecule has 5 nitrogen and oxygen atoms in total. The van der Waals surface area contributed by atoms with Crippen molar-refractivity contribution < 1.29 is 23.4 Å². The van der Waals surface area contributed by atoms with E-state index in [1.165, 1.54) is 57.4 Å². The third-order valence-corrected chi connectivity index (χ3v) is 4.22.